The fourth-order valence-corrected chi connectivity index (χ4v) is 3.41. The van der Waals surface area contributed by atoms with Crippen LogP contribution in [0.25, 0.3) is 0 Å². The molecule has 1 aromatic rings. The van der Waals surface area contributed by atoms with Crippen molar-refractivity contribution in [2.24, 2.45) is 5.73 Å². The summed E-state index contributed by atoms with van der Waals surface area (Å²) in [5, 5.41) is -2.89. The average molecular weight is 281 g/mol. The first kappa shape index (κ1) is 14.5. The number of rotatable bonds is 4. The zero-order valence-corrected chi connectivity index (χ0v) is 10.5. The van der Waals surface area contributed by atoms with Crippen LogP contribution in [0.2, 0.25) is 0 Å². The molecule has 0 saturated carbocycles. The Hall–Kier alpha value is -0.520. The van der Waals surface area contributed by atoms with E-state index in [4.69, 9.17) is 25.3 Å². The minimum atomic E-state index is -5.16. The molecule has 1 rings (SSSR count). The van der Waals surface area contributed by atoms with Gasteiger partial charge >= 0.3 is 15.2 Å². The van der Waals surface area contributed by atoms with Crippen molar-refractivity contribution in [1.82, 2.24) is 0 Å². The van der Waals surface area contributed by atoms with E-state index in [0.29, 0.717) is 5.56 Å². The third-order valence-electron chi connectivity index (χ3n) is 2.32. The van der Waals surface area contributed by atoms with Gasteiger partial charge in [-0.2, -0.15) is 0 Å². The molecule has 0 heterocycles. The molecule has 0 aliphatic carbocycles. The van der Waals surface area contributed by atoms with Crippen molar-refractivity contribution in [3.05, 3.63) is 35.9 Å². The van der Waals surface area contributed by atoms with E-state index in [9.17, 15) is 9.13 Å². The van der Waals surface area contributed by atoms with Crippen molar-refractivity contribution in [2.45, 2.75) is 11.4 Å². The zero-order chi connectivity index (χ0) is 13.3. The van der Waals surface area contributed by atoms with Crippen LogP contribution in [0, 0.1) is 0 Å². The Labute approximate surface area is 97.6 Å². The van der Waals surface area contributed by atoms with Gasteiger partial charge in [0.25, 0.3) is 0 Å². The number of hydrogen-bond acceptors (Lipinski definition) is 3. The van der Waals surface area contributed by atoms with Crippen LogP contribution in [0.4, 0.5) is 0 Å². The molecule has 0 radical (unpaired) electrons. The minimum absolute atomic E-state index is 0.335. The fourth-order valence-electron chi connectivity index (χ4n) is 1.27. The Kier molecular flexibility index (Phi) is 3.96. The highest BCUT2D eigenvalue weighted by Crippen LogP contribution is 2.66. The Balaban J connectivity index is 3.20. The lowest BCUT2D eigenvalue weighted by Crippen LogP contribution is -2.41. The summed E-state index contributed by atoms with van der Waals surface area (Å²) in [7, 11) is -10.3. The van der Waals surface area contributed by atoms with Crippen molar-refractivity contribution in [3.63, 3.8) is 0 Å². The first-order valence-corrected chi connectivity index (χ1v) is 7.74. The third-order valence-corrected chi connectivity index (χ3v) is 6.21. The van der Waals surface area contributed by atoms with Crippen molar-refractivity contribution >= 4 is 15.2 Å². The molecule has 0 spiro atoms. The number of benzene rings is 1. The highest BCUT2D eigenvalue weighted by Gasteiger charge is 2.57. The molecule has 0 aliphatic rings. The molecule has 0 aliphatic heterocycles. The van der Waals surface area contributed by atoms with Gasteiger partial charge in [-0.3, -0.25) is 9.13 Å². The highest BCUT2D eigenvalue weighted by molar-refractivity contribution is 7.72. The summed E-state index contributed by atoms with van der Waals surface area (Å²) in [6, 6.07) is 7.78. The van der Waals surface area contributed by atoms with E-state index in [0.717, 1.165) is 0 Å². The van der Waals surface area contributed by atoms with Crippen molar-refractivity contribution in [2.75, 3.05) is 0 Å². The van der Waals surface area contributed by atoms with Crippen LogP contribution >= 0.6 is 15.2 Å². The summed E-state index contributed by atoms with van der Waals surface area (Å²) in [4.78, 5) is 36.1. The number of hydrogen-bond donors (Lipinski definition) is 5. The van der Waals surface area contributed by atoms with Crippen LogP contribution in [0.5, 0.6) is 0 Å². The maximum Gasteiger partial charge on any atom is 0.357 e. The maximum absolute atomic E-state index is 11.2. The average Bonchev–Trinajstić information content (AvgIpc) is 2.15. The first-order valence-electron chi connectivity index (χ1n) is 4.52. The van der Waals surface area contributed by atoms with Crippen LogP contribution in [0.1, 0.15) is 5.56 Å². The second kappa shape index (κ2) is 4.63. The molecular formula is C8H13NO6P2. The van der Waals surface area contributed by atoms with Crippen LogP contribution < -0.4 is 5.73 Å². The summed E-state index contributed by atoms with van der Waals surface area (Å²) >= 11 is 0. The molecule has 0 aromatic heterocycles. The molecule has 17 heavy (non-hydrogen) atoms. The van der Waals surface area contributed by atoms with Crippen molar-refractivity contribution in [3.8, 4) is 0 Å². The molecule has 7 nitrogen and oxygen atoms in total. The van der Waals surface area contributed by atoms with Gasteiger partial charge in [0.05, 0.1) is 0 Å². The summed E-state index contributed by atoms with van der Waals surface area (Å²) in [5.41, 5.74) is 5.59. The van der Waals surface area contributed by atoms with Gasteiger partial charge in [-0.05, 0) is 5.56 Å². The van der Waals surface area contributed by atoms with Crippen LogP contribution in [-0.2, 0) is 15.6 Å². The van der Waals surface area contributed by atoms with Crippen LogP contribution in [-0.4, -0.2) is 24.6 Å². The Morgan fingerprint density at radius 1 is 1.00 bits per heavy atom. The van der Waals surface area contributed by atoms with E-state index >= 15 is 0 Å². The van der Waals surface area contributed by atoms with E-state index < -0.39 is 26.6 Å². The van der Waals surface area contributed by atoms with Gasteiger partial charge in [-0.15, -0.1) is 0 Å². The molecule has 0 saturated heterocycles. The van der Waals surface area contributed by atoms with E-state index in [2.05, 4.69) is 0 Å². The first-order chi connectivity index (χ1) is 7.58. The normalized spacial score (nSPS) is 13.7. The van der Waals surface area contributed by atoms with Crippen LogP contribution in [0.15, 0.2) is 30.3 Å². The monoisotopic (exact) mass is 281 g/mol. The topological polar surface area (TPSA) is 141 Å². The summed E-state index contributed by atoms with van der Waals surface area (Å²) in [6.45, 7) is 0. The predicted octanol–water partition coefficient (Wildman–Crippen LogP) is 0.197. The van der Waals surface area contributed by atoms with Gasteiger partial charge in [-0.1, -0.05) is 30.3 Å². The summed E-state index contributed by atoms with van der Waals surface area (Å²) in [6.07, 6.45) is -0.609. The van der Waals surface area contributed by atoms with E-state index in [1.807, 2.05) is 0 Å². The molecule has 0 bridgehead atoms. The van der Waals surface area contributed by atoms with Gasteiger partial charge in [0.15, 0.2) is 0 Å². The molecule has 9 heteroatoms. The molecule has 96 valence electrons. The quantitative estimate of drug-likeness (QED) is 0.496. The molecular weight excluding hydrogens is 268 g/mol. The molecule has 1 aromatic carbocycles. The van der Waals surface area contributed by atoms with Crippen molar-refractivity contribution in [1.29, 1.82) is 0 Å². The number of nitrogens with two attached hydrogens (primary N) is 1. The van der Waals surface area contributed by atoms with Crippen molar-refractivity contribution < 1.29 is 28.7 Å². The Morgan fingerprint density at radius 3 is 1.76 bits per heavy atom. The van der Waals surface area contributed by atoms with Gasteiger partial charge < -0.3 is 25.3 Å². The lowest BCUT2D eigenvalue weighted by Gasteiger charge is -2.30. The lowest BCUT2D eigenvalue weighted by molar-refractivity contribution is 0.307. The summed E-state index contributed by atoms with van der Waals surface area (Å²) < 4.78 is 22.4. The second-order valence-corrected chi connectivity index (χ2v) is 7.75. The minimum Gasteiger partial charge on any atom is -0.323 e. The van der Waals surface area contributed by atoms with Crippen LogP contribution in [0.3, 0.4) is 0 Å². The SMILES string of the molecule is NC(Cc1ccccc1)(P(=O)(O)O)P(=O)(O)O. The van der Waals surface area contributed by atoms with Gasteiger partial charge in [0.1, 0.15) is 0 Å². The lowest BCUT2D eigenvalue weighted by atomic mass is 10.1. The molecule has 0 fully saturated rings. The third kappa shape index (κ3) is 3.03. The molecule has 6 N–H and O–H groups in total. The molecule has 0 atom stereocenters. The predicted molar refractivity (Wildman–Crippen MR) is 61.2 cm³/mol. The zero-order valence-electron chi connectivity index (χ0n) is 8.67. The molecule has 0 unspecified atom stereocenters. The summed E-state index contributed by atoms with van der Waals surface area (Å²) in [5.74, 6) is 0. The fraction of sp³-hybridized carbons (Fsp3) is 0.250. The second-order valence-electron chi connectivity index (χ2n) is 3.63. The smallest absolute Gasteiger partial charge is 0.323 e. The van der Waals surface area contributed by atoms with E-state index in [1.54, 1.807) is 18.2 Å². The maximum atomic E-state index is 11.2. The van der Waals surface area contributed by atoms with Gasteiger partial charge in [0.2, 0.25) is 5.02 Å². The standard InChI is InChI=1S/C8H13NO6P2/c9-8(16(10,11)12,17(13,14)15)6-7-4-2-1-3-5-7/h1-5H,6,9H2,(H2,10,11,12)(H2,13,14,15). The van der Waals surface area contributed by atoms with E-state index in [-0.39, 0.29) is 0 Å². The van der Waals surface area contributed by atoms with Gasteiger partial charge in [-0.25, -0.2) is 0 Å². The molecule has 0 amide bonds. The van der Waals surface area contributed by atoms with E-state index in [1.165, 1.54) is 12.1 Å². The Morgan fingerprint density at radius 2 is 1.41 bits per heavy atom. The highest BCUT2D eigenvalue weighted by atomic mass is 31.2. The van der Waals surface area contributed by atoms with Gasteiger partial charge in [0, 0.05) is 6.42 Å². The Bertz CT molecular complexity index is 456. The largest absolute Gasteiger partial charge is 0.357 e.